The molecule has 0 aromatic heterocycles. The molecule has 0 spiro atoms. The molecule has 3 rings (SSSR count). The molecular weight excluding hydrogens is 410 g/mol. The van der Waals surface area contributed by atoms with E-state index in [0.29, 0.717) is 30.4 Å². The number of hydrogen-bond acceptors (Lipinski definition) is 5. The maximum atomic E-state index is 13.6. The third kappa shape index (κ3) is 6.41. The molecule has 1 aliphatic carbocycles. The number of benzene rings is 1. The molecule has 0 radical (unpaired) electrons. The number of esters is 1. The van der Waals surface area contributed by atoms with Crippen molar-refractivity contribution >= 4 is 23.6 Å². The molecule has 1 aromatic rings. The molecule has 2 fully saturated rings. The number of nitrogens with zero attached hydrogens (tertiary/aromatic N) is 1. The van der Waals surface area contributed by atoms with E-state index in [1.165, 1.54) is 19.3 Å². The van der Waals surface area contributed by atoms with Gasteiger partial charge in [-0.2, -0.15) is 0 Å². The summed E-state index contributed by atoms with van der Waals surface area (Å²) in [7, 11) is 0. The summed E-state index contributed by atoms with van der Waals surface area (Å²) in [5, 5.41) is 0.0528. The molecule has 31 heavy (non-hydrogen) atoms. The van der Waals surface area contributed by atoms with Gasteiger partial charge in [-0.15, -0.1) is 11.8 Å². The van der Waals surface area contributed by atoms with Crippen molar-refractivity contribution in [2.75, 3.05) is 19.0 Å². The van der Waals surface area contributed by atoms with Crippen LogP contribution in [0.15, 0.2) is 24.3 Å². The molecule has 1 saturated heterocycles. The van der Waals surface area contributed by atoms with Crippen LogP contribution < -0.4 is 4.74 Å². The maximum absolute atomic E-state index is 13.6. The smallest absolute Gasteiger partial charge is 0.329 e. The van der Waals surface area contributed by atoms with Crippen LogP contribution in [-0.2, 0) is 9.53 Å². The van der Waals surface area contributed by atoms with Gasteiger partial charge in [0.2, 0.25) is 0 Å². The number of rotatable bonds is 10. The lowest BCUT2D eigenvalue weighted by Gasteiger charge is -2.35. The predicted molar refractivity (Wildman–Crippen MR) is 125 cm³/mol. The second kappa shape index (κ2) is 12.4. The van der Waals surface area contributed by atoms with Gasteiger partial charge in [0, 0.05) is 11.3 Å². The van der Waals surface area contributed by atoms with Crippen LogP contribution in [0, 0.1) is 5.92 Å². The van der Waals surface area contributed by atoms with Crippen LogP contribution in [0.4, 0.5) is 0 Å². The normalized spacial score (nSPS) is 21.8. The fourth-order valence-electron chi connectivity index (χ4n) is 4.34. The average Bonchev–Trinajstić information content (AvgIpc) is 3.25. The number of ether oxygens (including phenoxy) is 2. The quantitative estimate of drug-likeness (QED) is 0.341. The second-order valence-corrected chi connectivity index (χ2v) is 9.75. The summed E-state index contributed by atoms with van der Waals surface area (Å²) in [6.07, 6.45) is 9.87. The van der Waals surface area contributed by atoms with Gasteiger partial charge in [0.15, 0.2) is 0 Å². The van der Waals surface area contributed by atoms with Gasteiger partial charge >= 0.3 is 5.97 Å². The molecule has 1 heterocycles. The van der Waals surface area contributed by atoms with Crippen LogP contribution in [0.5, 0.6) is 5.75 Å². The lowest BCUT2D eigenvalue weighted by Crippen LogP contribution is -2.48. The molecular formula is C25H37NO4S. The summed E-state index contributed by atoms with van der Waals surface area (Å²) in [5.74, 6) is 1.52. The largest absolute Gasteiger partial charge is 0.494 e. The van der Waals surface area contributed by atoms with Crippen LogP contribution in [0.3, 0.4) is 0 Å². The van der Waals surface area contributed by atoms with Crippen molar-refractivity contribution in [3.63, 3.8) is 0 Å². The third-order valence-electron chi connectivity index (χ3n) is 6.20. The summed E-state index contributed by atoms with van der Waals surface area (Å²) < 4.78 is 11.3. The van der Waals surface area contributed by atoms with E-state index in [1.807, 2.05) is 29.2 Å². The van der Waals surface area contributed by atoms with Crippen molar-refractivity contribution in [3.05, 3.63) is 29.8 Å². The number of thioether (sulfide) groups is 1. The van der Waals surface area contributed by atoms with Gasteiger partial charge in [-0.05, 0) is 55.9 Å². The van der Waals surface area contributed by atoms with Crippen LogP contribution in [0.2, 0.25) is 0 Å². The van der Waals surface area contributed by atoms with E-state index >= 15 is 0 Å². The van der Waals surface area contributed by atoms with Crippen LogP contribution in [-0.4, -0.2) is 47.2 Å². The topological polar surface area (TPSA) is 55.8 Å². The number of carbonyl (C=O) groups is 2. The molecule has 1 amide bonds. The molecule has 1 saturated carbocycles. The standard InChI is InChI=1S/C25H37NO4S/c1-3-5-16-29-21-14-12-19(13-15-21)23(27)26-22(25(28)30-17-6-4-2)18-31-24(26)20-10-8-7-9-11-20/h12-15,20,22,24H,3-11,16-18H2,1-2H3. The highest BCUT2D eigenvalue weighted by molar-refractivity contribution is 8.00. The molecule has 1 aromatic carbocycles. The molecule has 2 atom stereocenters. The first-order chi connectivity index (χ1) is 15.2. The molecule has 5 nitrogen and oxygen atoms in total. The molecule has 0 N–H and O–H groups in total. The Morgan fingerprint density at radius 3 is 2.35 bits per heavy atom. The average molecular weight is 448 g/mol. The Balaban J connectivity index is 1.74. The van der Waals surface area contributed by atoms with E-state index in [-0.39, 0.29) is 17.3 Å². The number of carbonyl (C=O) groups excluding carboxylic acids is 2. The SMILES string of the molecule is CCCCOC(=O)C1CSC(C2CCCCC2)N1C(=O)c1ccc(OCCCC)cc1. The minimum absolute atomic E-state index is 0.0528. The lowest BCUT2D eigenvalue weighted by atomic mass is 9.88. The molecule has 2 unspecified atom stereocenters. The van der Waals surface area contributed by atoms with E-state index in [0.717, 1.165) is 44.3 Å². The fourth-order valence-corrected chi connectivity index (χ4v) is 5.96. The summed E-state index contributed by atoms with van der Waals surface area (Å²) in [6.45, 7) is 5.31. The number of hydrogen-bond donors (Lipinski definition) is 0. The van der Waals surface area contributed by atoms with E-state index in [9.17, 15) is 9.59 Å². The van der Waals surface area contributed by atoms with Gasteiger partial charge in [0.05, 0.1) is 18.6 Å². The fraction of sp³-hybridized carbons (Fsp3) is 0.680. The maximum Gasteiger partial charge on any atom is 0.329 e. The first kappa shape index (κ1) is 24.0. The van der Waals surface area contributed by atoms with Gasteiger partial charge in [-0.25, -0.2) is 4.79 Å². The molecule has 0 bridgehead atoms. The third-order valence-corrected chi connectivity index (χ3v) is 7.67. The van der Waals surface area contributed by atoms with E-state index in [1.54, 1.807) is 11.8 Å². The van der Waals surface area contributed by atoms with Crippen molar-refractivity contribution in [1.82, 2.24) is 4.90 Å². The first-order valence-corrected chi connectivity index (χ1v) is 13.0. The van der Waals surface area contributed by atoms with Gasteiger partial charge in [0.1, 0.15) is 11.8 Å². The lowest BCUT2D eigenvalue weighted by molar-refractivity contribution is -0.148. The Labute approximate surface area is 191 Å². The zero-order valence-electron chi connectivity index (χ0n) is 19.0. The van der Waals surface area contributed by atoms with Crippen molar-refractivity contribution in [1.29, 1.82) is 0 Å². The summed E-state index contributed by atoms with van der Waals surface area (Å²) in [6, 6.07) is 6.86. The van der Waals surface area contributed by atoms with Crippen molar-refractivity contribution in [2.45, 2.75) is 83.1 Å². The van der Waals surface area contributed by atoms with Crippen LogP contribution >= 0.6 is 11.8 Å². The molecule has 2 aliphatic rings. The minimum Gasteiger partial charge on any atom is -0.494 e. The number of amides is 1. The van der Waals surface area contributed by atoms with Gasteiger partial charge in [-0.3, -0.25) is 4.79 Å². The monoisotopic (exact) mass is 447 g/mol. The van der Waals surface area contributed by atoms with E-state index in [4.69, 9.17) is 9.47 Å². The Bertz CT molecular complexity index is 702. The van der Waals surface area contributed by atoms with Gasteiger partial charge < -0.3 is 14.4 Å². The Morgan fingerprint density at radius 1 is 1.00 bits per heavy atom. The summed E-state index contributed by atoms with van der Waals surface area (Å²) in [4.78, 5) is 28.3. The van der Waals surface area contributed by atoms with Crippen molar-refractivity contribution in [2.24, 2.45) is 5.92 Å². The molecule has 172 valence electrons. The Kier molecular flexibility index (Phi) is 9.56. The zero-order valence-corrected chi connectivity index (χ0v) is 19.8. The minimum atomic E-state index is -0.498. The second-order valence-electron chi connectivity index (χ2n) is 8.60. The van der Waals surface area contributed by atoms with Crippen LogP contribution in [0.25, 0.3) is 0 Å². The van der Waals surface area contributed by atoms with E-state index < -0.39 is 6.04 Å². The molecule has 1 aliphatic heterocycles. The highest BCUT2D eigenvalue weighted by Crippen LogP contribution is 2.41. The highest BCUT2D eigenvalue weighted by atomic mass is 32.2. The van der Waals surface area contributed by atoms with Crippen LogP contribution in [0.1, 0.15) is 82.0 Å². The number of unbranched alkanes of at least 4 members (excludes halogenated alkanes) is 2. The highest BCUT2D eigenvalue weighted by Gasteiger charge is 2.45. The molecule has 6 heteroatoms. The Morgan fingerprint density at radius 2 is 1.68 bits per heavy atom. The van der Waals surface area contributed by atoms with Gasteiger partial charge in [0.25, 0.3) is 5.91 Å². The predicted octanol–water partition coefficient (Wildman–Crippen LogP) is 5.67. The summed E-state index contributed by atoms with van der Waals surface area (Å²) >= 11 is 1.75. The van der Waals surface area contributed by atoms with Crippen molar-refractivity contribution < 1.29 is 19.1 Å². The summed E-state index contributed by atoms with van der Waals surface area (Å²) in [5.41, 5.74) is 0.609. The van der Waals surface area contributed by atoms with E-state index in [2.05, 4.69) is 13.8 Å². The Hall–Kier alpha value is -1.69. The van der Waals surface area contributed by atoms with Crippen molar-refractivity contribution in [3.8, 4) is 5.75 Å². The first-order valence-electron chi connectivity index (χ1n) is 12.0. The zero-order chi connectivity index (χ0) is 22.1. The van der Waals surface area contributed by atoms with Gasteiger partial charge in [-0.1, -0.05) is 46.0 Å².